The zero-order valence-electron chi connectivity index (χ0n) is 15.6. The minimum atomic E-state index is -0.482. The Morgan fingerprint density at radius 3 is 2.31 bits per heavy atom. The van der Waals surface area contributed by atoms with E-state index in [1.807, 2.05) is 20.8 Å². The summed E-state index contributed by atoms with van der Waals surface area (Å²) in [6.07, 6.45) is 1.29. The second kappa shape index (κ2) is 8.80. The van der Waals surface area contributed by atoms with Crippen LogP contribution < -0.4 is 16.0 Å². The zero-order valence-corrected chi connectivity index (χ0v) is 15.6. The maximum absolute atomic E-state index is 12.1. The number of rotatable bonds is 6. The molecule has 142 valence electrons. The van der Waals surface area contributed by atoms with Gasteiger partial charge in [-0.15, -0.1) is 0 Å². The van der Waals surface area contributed by atoms with E-state index in [0.717, 1.165) is 12.8 Å². The molecule has 7 heteroatoms. The number of nitrogens with one attached hydrogen (secondary N) is 3. The summed E-state index contributed by atoms with van der Waals surface area (Å²) in [7, 11) is 0. The molecular weight excluding hydrogens is 334 g/mol. The first-order chi connectivity index (χ1) is 12.3. The van der Waals surface area contributed by atoms with Crippen LogP contribution in [0.5, 0.6) is 0 Å². The third-order valence-corrected chi connectivity index (χ3v) is 4.02. The highest BCUT2D eigenvalue weighted by Crippen LogP contribution is 2.17. The molecule has 0 saturated carbocycles. The molecule has 1 aromatic carbocycles. The number of carbonyl (C=O) groups excluding carboxylic acids is 3. The summed E-state index contributed by atoms with van der Waals surface area (Å²) in [5.41, 5.74) is 0.652. The Morgan fingerprint density at radius 2 is 1.73 bits per heavy atom. The fourth-order valence-corrected chi connectivity index (χ4v) is 2.39. The van der Waals surface area contributed by atoms with Crippen molar-refractivity contribution in [3.8, 4) is 0 Å². The Kier molecular flexibility index (Phi) is 6.74. The fourth-order valence-electron chi connectivity index (χ4n) is 2.39. The van der Waals surface area contributed by atoms with Crippen LogP contribution in [0.15, 0.2) is 24.3 Å². The van der Waals surface area contributed by atoms with Crippen LogP contribution in [0.3, 0.4) is 0 Å². The Labute approximate surface area is 153 Å². The predicted octanol–water partition coefficient (Wildman–Crippen LogP) is 1.70. The van der Waals surface area contributed by atoms with Gasteiger partial charge in [-0.3, -0.25) is 14.4 Å². The van der Waals surface area contributed by atoms with Gasteiger partial charge in [0, 0.05) is 36.4 Å². The van der Waals surface area contributed by atoms with E-state index in [9.17, 15) is 14.4 Å². The van der Waals surface area contributed by atoms with Crippen molar-refractivity contribution in [2.75, 3.05) is 25.0 Å². The summed E-state index contributed by atoms with van der Waals surface area (Å²) < 4.78 is 5.29. The van der Waals surface area contributed by atoms with E-state index in [-0.39, 0.29) is 23.8 Å². The van der Waals surface area contributed by atoms with Gasteiger partial charge in [-0.05, 0) is 37.1 Å². The van der Waals surface area contributed by atoms with Crippen molar-refractivity contribution in [2.45, 2.75) is 39.7 Å². The Morgan fingerprint density at radius 1 is 1.08 bits per heavy atom. The third-order valence-electron chi connectivity index (χ3n) is 4.02. The number of hydrogen-bond donors (Lipinski definition) is 3. The molecule has 3 N–H and O–H groups in total. The minimum absolute atomic E-state index is 0.0864. The van der Waals surface area contributed by atoms with E-state index in [4.69, 9.17) is 4.74 Å². The normalized spacial score (nSPS) is 16.8. The van der Waals surface area contributed by atoms with Crippen molar-refractivity contribution >= 4 is 23.4 Å². The lowest BCUT2D eigenvalue weighted by Crippen LogP contribution is -2.39. The molecule has 0 bridgehead atoms. The van der Waals surface area contributed by atoms with Crippen LogP contribution in [0, 0.1) is 5.41 Å². The first-order valence-electron chi connectivity index (χ1n) is 8.86. The molecule has 1 aromatic rings. The van der Waals surface area contributed by atoms with Gasteiger partial charge in [0.1, 0.15) is 6.10 Å². The summed E-state index contributed by atoms with van der Waals surface area (Å²) in [6.45, 7) is 6.82. The summed E-state index contributed by atoms with van der Waals surface area (Å²) in [5.74, 6) is -0.447. The van der Waals surface area contributed by atoms with Crippen LogP contribution in [0.1, 0.15) is 44.0 Å². The maximum Gasteiger partial charge on any atom is 0.251 e. The molecule has 0 radical (unpaired) electrons. The molecule has 2 rings (SSSR count). The number of amides is 3. The topological polar surface area (TPSA) is 96.5 Å². The van der Waals surface area contributed by atoms with E-state index >= 15 is 0 Å². The second-order valence-electron chi connectivity index (χ2n) is 7.33. The van der Waals surface area contributed by atoms with E-state index < -0.39 is 5.41 Å². The van der Waals surface area contributed by atoms with E-state index in [2.05, 4.69) is 16.0 Å². The number of hydrogen-bond acceptors (Lipinski definition) is 4. The van der Waals surface area contributed by atoms with Gasteiger partial charge in [-0.1, -0.05) is 20.8 Å². The van der Waals surface area contributed by atoms with Gasteiger partial charge in [0.25, 0.3) is 5.91 Å². The molecule has 1 fully saturated rings. The van der Waals surface area contributed by atoms with Crippen molar-refractivity contribution in [1.29, 1.82) is 0 Å². The van der Waals surface area contributed by atoms with Crippen LogP contribution >= 0.6 is 0 Å². The molecule has 1 unspecified atom stereocenters. The SMILES string of the molecule is CC(C)(C)C(=O)Nc1ccc(C(=O)NCCNC(=O)C2CCCO2)cc1. The van der Waals surface area contributed by atoms with Gasteiger partial charge in [0.2, 0.25) is 11.8 Å². The Hall–Kier alpha value is -2.41. The van der Waals surface area contributed by atoms with Gasteiger partial charge in [0.15, 0.2) is 0 Å². The van der Waals surface area contributed by atoms with Gasteiger partial charge in [-0.2, -0.15) is 0 Å². The summed E-state index contributed by atoms with van der Waals surface area (Å²) in [6, 6.07) is 6.69. The summed E-state index contributed by atoms with van der Waals surface area (Å²) in [5, 5.41) is 8.31. The van der Waals surface area contributed by atoms with Crippen molar-refractivity contribution < 1.29 is 19.1 Å². The van der Waals surface area contributed by atoms with Crippen LogP contribution in [0.2, 0.25) is 0 Å². The maximum atomic E-state index is 12.1. The molecule has 0 spiro atoms. The monoisotopic (exact) mass is 361 g/mol. The molecular formula is C19H27N3O4. The first kappa shape index (κ1) is 19.9. The van der Waals surface area contributed by atoms with Gasteiger partial charge in [-0.25, -0.2) is 0 Å². The van der Waals surface area contributed by atoms with Crippen molar-refractivity contribution in [3.05, 3.63) is 29.8 Å². The number of anilines is 1. The van der Waals surface area contributed by atoms with Gasteiger partial charge in [0.05, 0.1) is 0 Å². The summed E-state index contributed by atoms with van der Waals surface area (Å²) in [4.78, 5) is 35.8. The van der Waals surface area contributed by atoms with Crippen LogP contribution in [0.25, 0.3) is 0 Å². The lowest BCUT2D eigenvalue weighted by atomic mass is 9.95. The number of benzene rings is 1. The molecule has 1 saturated heterocycles. The molecule has 3 amide bonds. The van der Waals surface area contributed by atoms with Crippen molar-refractivity contribution in [1.82, 2.24) is 10.6 Å². The molecule has 1 heterocycles. The second-order valence-corrected chi connectivity index (χ2v) is 7.33. The standard InChI is InChI=1S/C19H27N3O4/c1-19(2,3)18(25)22-14-8-6-13(7-9-14)16(23)20-10-11-21-17(24)15-5-4-12-26-15/h6-9,15H,4-5,10-12H2,1-3H3,(H,20,23)(H,21,24)(H,22,25). The largest absolute Gasteiger partial charge is 0.368 e. The fraction of sp³-hybridized carbons (Fsp3) is 0.526. The number of ether oxygens (including phenoxy) is 1. The molecule has 1 atom stereocenters. The van der Waals surface area contributed by atoms with E-state index in [1.54, 1.807) is 24.3 Å². The Balaban J connectivity index is 1.73. The zero-order chi connectivity index (χ0) is 19.2. The molecule has 26 heavy (non-hydrogen) atoms. The first-order valence-corrected chi connectivity index (χ1v) is 8.86. The molecule has 0 aromatic heterocycles. The van der Waals surface area contributed by atoms with Gasteiger partial charge >= 0.3 is 0 Å². The average Bonchev–Trinajstić information content (AvgIpc) is 3.13. The Bertz CT molecular complexity index is 644. The molecule has 7 nitrogen and oxygen atoms in total. The predicted molar refractivity (Wildman–Crippen MR) is 98.8 cm³/mol. The average molecular weight is 361 g/mol. The highest BCUT2D eigenvalue weighted by molar-refractivity contribution is 5.97. The van der Waals surface area contributed by atoms with E-state index in [1.165, 1.54) is 0 Å². The van der Waals surface area contributed by atoms with Crippen LogP contribution in [-0.4, -0.2) is 43.5 Å². The lowest BCUT2D eigenvalue weighted by molar-refractivity contribution is -0.130. The van der Waals surface area contributed by atoms with Crippen molar-refractivity contribution in [2.24, 2.45) is 5.41 Å². The minimum Gasteiger partial charge on any atom is -0.368 e. The highest BCUT2D eigenvalue weighted by atomic mass is 16.5. The van der Waals surface area contributed by atoms with E-state index in [0.29, 0.717) is 30.9 Å². The summed E-state index contributed by atoms with van der Waals surface area (Å²) >= 11 is 0. The smallest absolute Gasteiger partial charge is 0.251 e. The lowest BCUT2D eigenvalue weighted by Gasteiger charge is -2.17. The highest BCUT2D eigenvalue weighted by Gasteiger charge is 2.23. The third kappa shape index (κ3) is 5.84. The molecule has 0 aliphatic carbocycles. The quantitative estimate of drug-likeness (QED) is 0.672. The van der Waals surface area contributed by atoms with Crippen LogP contribution in [0.4, 0.5) is 5.69 Å². The van der Waals surface area contributed by atoms with Gasteiger partial charge < -0.3 is 20.7 Å². The number of carbonyl (C=O) groups is 3. The van der Waals surface area contributed by atoms with Crippen molar-refractivity contribution in [3.63, 3.8) is 0 Å². The van der Waals surface area contributed by atoms with Crippen LogP contribution in [-0.2, 0) is 14.3 Å². The molecule has 1 aliphatic heterocycles. The molecule has 1 aliphatic rings.